The molecule has 1 unspecified atom stereocenters. The van der Waals surface area contributed by atoms with Gasteiger partial charge in [-0.2, -0.15) is 0 Å². The molecular formula is C38H64O18. The zero-order valence-corrected chi connectivity index (χ0v) is 31.8. The van der Waals surface area contributed by atoms with Crippen LogP contribution in [0.1, 0.15) is 56.4 Å². The summed E-state index contributed by atoms with van der Waals surface area (Å²) in [4.78, 5) is 66.6. The molecule has 0 amide bonds. The van der Waals surface area contributed by atoms with Crippen molar-refractivity contribution in [2.75, 3.05) is 52.9 Å². The molecule has 18 heteroatoms. The minimum atomic E-state index is -1.05. The second-order valence-corrected chi connectivity index (χ2v) is 11.2. The van der Waals surface area contributed by atoms with Gasteiger partial charge in [-0.3, -0.25) is 0 Å². The second kappa shape index (κ2) is 37.0. The van der Waals surface area contributed by atoms with E-state index in [-0.39, 0.29) is 94.5 Å². The summed E-state index contributed by atoms with van der Waals surface area (Å²) < 4.78 is 28.6. The van der Waals surface area contributed by atoms with Gasteiger partial charge in [0.05, 0.1) is 19.8 Å². The van der Waals surface area contributed by atoms with Gasteiger partial charge in [0.15, 0.2) is 6.10 Å². The highest BCUT2D eigenvalue weighted by Crippen LogP contribution is 2.05. The first-order valence-corrected chi connectivity index (χ1v) is 15.7. The Morgan fingerprint density at radius 3 is 0.804 bits per heavy atom. The maximum absolute atomic E-state index is 11.5. The lowest BCUT2D eigenvalue weighted by molar-refractivity contribution is -0.161. The molecule has 56 heavy (non-hydrogen) atoms. The van der Waals surface area contributed by atoms with Crippen LogP contribution in [-0.4, -0.2) is 144 Å². The molecule has 0 aliphatic carbocycles. The van der Waals surface area contributed by atoms with Gasteiger partial charge in [0.2, 0.25) is 0 Å². The third-order valence-corrected chi connectivity index (χ3v) is 5.02. The molecule has 0 aromatic rings. The molecule has 0 bridgehead atoms. The molecule has 0 radical (unpaired) electrons. The quantitative estimate of drug-likeness (QED) is 0.0575. The molecule has 1 atom stereocenters. The Kier molecular flexibility index (Phi) is 41.6. The first kappa shape index (κ1) is 63.0. The van der Waals surface area contributed by atoms with Gasteiger partial charge in [-0.25, -0.2) is 28.8 Å². The van der Waals surface area contributed by atoms with Crippen LogP contribution in [-0.2, 0) is 57.2 Å². The summed E-state index contributed by atoms with van der Waals surface area (Å²) in [5.41, 5.74) is 1.35. The molecular weight excluding hydrogens is 744 g/mol. The van der Waals surface area contributed by atoms with Crippen LogP contribution in [0.15, 0.2) is 72.9 Å². The van der Waals surface area contributed by atoms with Gasteiger partial charge < -0.3 is 59.1 Å². The summed E-state index contributed by atoms with van der Waals surface area (Å²) in [5, 5.41) is 50.4. The monoisotopic (exact) mass is 808 g/mol. The highest BCUT2D eigenvalue weighted by Gasteiger charge is 2.20. The Morgan fingerprint density at radius 2 is 0.607 bits per heavy atom. The van der Waals surface area contributed by atoms with Crippen LogP contribution in [0.3, 0.4) is 0 Å². The Morgan fingerprint density at radius 1 is 0.393 bits per heavy atom. The van der Waals surface area contributed by atoms with E-state index in [1.165, 1.54) is 41.5 Å². The Balaban J connectivity index is -0.000000159. The van der Waals surface area contributed by atoms with Crippen LogP contribution in [0, 0.1) is 0 Å². The fourth-order valence-corrected chi connectivity index (χ4v) is 2.00. The molecule has 0 saturated carbocycles. The lowest BCUT2D eigenvalue weighted by Gasteiger charge is -2.18. The van der Waals surface area contributed by atoms with Crippen molar-refractivity contribution in [3.8, 4) is 0 Å². The predicted molar refractivity (Wildman–Crippen MR) is 206 cm³/mol. The molecule has 0 rings (SSSR count). The van der Waals surface area contributed by atoms with Crippen molar-refractivity contribution >= 4 is 35.8 Å². The van der Waals surface area contributed by atoms with E-state index in [4.69, 9.17) is 39.7 Å². The first-order valence-electron chi connectivity index (χ1n) is 15.7. The molecule has 0 aliphatic heterocycles. The SMILES string of the molecule is C.C.C=C(C)C(=O)OCC(COC(=O)C(=C)C)OC(=O)C(=C)C.C=C(C)C(=O)OCC(O)CO.C=C(C)C(=O)OCC(O)COC(=O)C(=C)C.OCC(O)CO. The van der Waals surface area contributed by atoms with Crippen LogP contribution in [0.2, 0.25) is 0 Å². The minimum Gasteiger partial charge on any atom is -0.460 e. The average molecular weight is 809 g/mol. The van der Waals surface area contributed by atoms with E-state index >= 15 is 0 Å². The number of ether oxygens (including phenoxy) is 6. The van der Waals surface area contributed by atoms with Crippen molar-refractivity contribution in [3.05, 3.63) is 72.9 Å². The Bertz CT molecular complexity index is 1240. The number of esters is 6. The van der Waals surface area contributed by atoms with E-state index in [9.17, 15) is 33.9 Å². The van der Waals surface area contributed by atoms with Gasteiger partial charge in [-0.05, 0) is 41.5 Å². The maximum Gasteiger partial charge on any atom is 0.333 e. The smallest absolute Gasteiger partial charge is 0.333 e. The van der Waals surface area contributed by atoms with E-state index in [1.54, 1.807) is 0 Å². The summed E-state index contributed by atoms with van der Waals surface area (Å²) in [6.07, 6.45) is -3.93. The molecule has 324 valence electrons. The number of carbonyl (C=O) groups excluding carboxylic acids is 6. The van der Waals surface area contributed by atoms with Gasteiger partial charge in [0.25, 0.3) is 0 Å². The molecule has 0 aromatic carbocycles. The molecule has 0 aliphatic rings. The molecule has 0 fully saturated rings. The lowest BCUT2D eigenvalue weighted by Crippen LogP contribution is -2.31. The number of rotatable bonds is 20. The third-order valence-electron chi connectivity index (χ3n) is 5.02. The zero-order valence-electron chi connectivity index (χ0n) is 31.8. The number of aliphatic hydroxyl groups excluding tert-OH is 6. The molecule has 0 saturated heterocycles. The van der Waals surface area contributed by atoms with Crippen molar-refractivity contribution in [2.24, 2.45) is 0 Å². The van der Waals surface area contributed by atoms with Crippen molar-refractivity contribution < 1.29 is 87.8 Å². The fourth-order valence-electron chi connectivity index (χ4n) is 2.00. The van der Waals surface area contributed by atoms with Crippen molar-refractivity contribution in [3.63, 3.8) is 0 Å². The largest absolute Gasteiger partial charge is 0.460 e. The second-order valence-electron chi connectivity index (χ2n) is 11.2. The average Bonchev–Trinajstić information content (AvgIpc) is 3.11. The first-order chi connectivity index (χ1) is 24.9. The standard InChI is InChI=1S/C15H20O6.C11H16O5.C7H12O4.C3H8O3.2CH4/c1-9(2)13(16)19-7-12(21-15(18)11(5)6)8-20-14(17)10(3)4;1-7(2)10(13)15-5-9(12)6-16-11(14)8(3)4;1-5(2)7(10)11-4-6(9)3-8;4-1-3(6)2-5;;/h12H,1,3,5,7-8H2,2,4,6H3;9,12H,1,3,5-6H2,2,4H3;6,8-9H,1,3-4H2,2H3;3-6H,1-2H2;2*1H4. The summed E-state index contributed by atoms with van der Waals surface area (Å²) in [7, 11) is 0. The zero-order chi connectivity index (χ0) is 43.1. The number of hydrogen-bond acceptors (Lipinski definition) is 18. The van der Waals surface area contributed by atoms with Gasteiger partial charge in [-0.15, -0.1) is 0 Å². The normalized spacial score (nSPS) is 9.91. The van der Waals surface area contributed by atoms with Gasteiger partial charge in [0.1, 0.15) is 51.3 Å². The topological polar surface area (TPSA) is 279 Å². The van der Waals surface area contributed by atoms with Crippen LogP contribution < -0.4 is 0 Å². The predicted octanol–water partition coefficient (Wildman–Crippen LogP) is 1.36. The van der Waals surface area contributed by atoms with Crippen LogP contribution >= 0.6 is 0 Å². The molecule has 6 N–H and O–H groups in total. The van der Waals surface area contributed by atoms with Crippen molar-refractivity contribution in [1.29, 1.82) is 0 Å². The van der Waals surface area contributed by atoms with Crippen LogP contribution in [0.5, 0.6) is 0 Å². The van der Waals surface area contributed by atoms with Crippen LogP contribution in [0.4, 0.5) is 0 Å². The van der Waals surface area contributed by atoms with Crippen molar-refractivity contribution in [1.82, 2.24) is 0 Å². The number of hydrogen-bond donors (Lipinski definition) is 6. The fraction of sp³-hybridized carbons (Fsp3) is 0.526. The molecule has 0 aromatic heterocycles. The Labute approximate surface area is 330 Å². The van der Waals surface area contributed by atoms with E-state index in [1.807, 2.05) is 0 Å². The van der Waals surface area contributed by atoms with Gasteiger partial charge >= 0.3 is 35.8 Å². The van der Waals surface area contributed by atoms with E-state index in [0.29, 0.717) is 0 Å². The van der Waals surface area contributed by atoms with E-state index < -0.39 is 66.8 Å². The van der Waals surface area contributed by atoms with Gasteiger partial charge in [0, 0.05) is 33.4 Å². The molecule has 18 nitrogen and oxygen atoms in total. The lowest BCUT2D eigenvalue weighted by atomic mass is 10.3. The van der Waals surface area contributed by atoms with Crippen molar-refractivity contribution in [2.45, 2.75) is 80.8 Å². The summed E-state index contributed by atoms with van der Waals surface area (Å²) >= 11 is 0. The number of carbonyl (C=O) groups is 6. The highest BCUT2D eigenvalue weighted by atomic mass is 16.6. The summed E-state index contributed by atoms with van der Waals surface area (Å²) in [5.74, 6) is -3.67. The van der Waals surface area contributed by atoms with Crippen LogP contribution in [0.25, 0.3) is 0 Å². The van der Waals surface area contributed by atoms with E-state index in [0.717, 1.165) is 0 Å². The minimum absolute atomic E-state index is 0. The number of aliphatic hydroxyl groups is 6. The highest BCUT2D eigenvalue weighted by molar-refractivity contribution is 5.89. The molecule has 0 spiro atoms. The summed E-state index contributed by atoms with van der Waals surface area (Å²) in [6, 6.07) is 0. The third kappa shape index (κ3) is 38.7. The van der Waals surface area contributed by atoms with Gasteiger partial charge in [-0.1, -0.05) is 54.3 Å². The van der Waals surface area contributed by atoms with E-state index in [2.05, 4.69) is 53.7 Å². The maximum atomic E-state index is 11.5. The summed E-state index contributed by atoms with van der Waals surface area (Å²) in [6.45, 7) is 27.0. The Hall–Kier alpha value is -4.98. The molecule has 0 heterocycles.